The van der Waals surface area contributed by atoms with Crippen molar-refractivity contribution < 1.29 is 43.8 Å². The fraction of sp³-hybridized carbons (Fsp3) is 0.778. The zero-order chi connectivity index (χ0) is 7.19. The summed E-state index contributed by atoms with van der Waals surface area (Å²) in [5.41, 5.74) is 0.0463. The third-order valence-corrected chi connectivity index (χ3v) is 3.15. The summed E-state index contributed by atoms with van der Waals surface area (Å²) in [6.07, 6.45) is 6.57. The van der Waals surface area contributed by atoms with Crippen molar-refractivity contribution in [3.8, 4) is 0 Å². The Hall–Kier alpha value is 0.917. The van der Waals surface area contributed by atoms with Crippen molar-refractivity contribution in [1.29, 1.82) is 0 Å². The summed E-state index contributed by atoms with van der Waals surface area (Å²) < 4.78 is 0. The molecule has 0 amide bonds. The number of carbonyl (C=O) groups is 1. The van der Waals surface area contributed by atoms with Crippen LogP contribution >= 0.6 is 0 Å². The number of hydrogen-bond acceptors (Lipinski definition) is 1. The predicted molar refractivity (Wildman–Crippen MR) is 39.4 cm³/mol. The molecule has 2 radical (unpaired) electrons. The topological polar surface area (TPSA) is 17.1 Å². The Labute approximate surface area is 99.6 Å². The first-order valence-corrected chi connectivity index (χ1v) is 4.16. The van der Waals surface area contributed by atoms with Gasteiger partial charge in [0.2, 0.25) is 0 Å². The molecule has 0 aliphatic heterocycles. The number of fused-ring (bicyclic) bond motifs is 2. The number of hydrogen-bond donors (Lipinski definition) is 0. The molecule has 1 nitrogen and oxygen atoms in total. The number of ketones is 1. The summed E-state index contributed by atoms with van der Waals surface area (Å²) in [5.74, 6) is 1.15. The molecule has 0 aromatic carbocycles. The molecular formula is C9H13ORh2-. The van der Waals surface area contributed by atoms with Crippen LogP contribution < -0.4 is 0 Å². The zero-order valence-corrected chi connectivity index (χ0v) is 10.3. The van der Waals surface area contributed by atoms with Crippen LogP contribution in [0.4, 0.5) is 0 Å². The van der Waals surface area contributed by atoms with Gasteiger partial charge in [0.1, 0.15) is 5.78 Å². The maximum Gasteiger partial charge on any atom is 0.107 e. The quantitative estimate of drug-likeness (QED) is 0.526. The molecule has 74 valence electrons. The molecule has 2 unspecified atom stereocenters. The first-order chi connectivity index (χ1) is 4.77. The molecule has 0 spiro atoms. The average Bonchev–Trinajstić information content (AvgIpc) is 2.44. The molecule has 2 aliphatic carbocycles. The average molecular weight is 343 g/mol. The van der Waals surface area contributed by atoms with E-state index in [1.165, 1.54) is 6.42 Å². The minimum absolute atomic E-state index is 0. The Morgan fingerprint density at radius 3 is 2.50 bits per heavy atom. The van der Waals surface area contributed by atoms with E-state index in [2.05, 4.69) is 13.3 Å². The van der Waals surface area contributed by atoms with Crippen LogP contribution in [-0.2, 0) is 43.8 Å². The number of Topliss-reactive ketones (excluding diaryl/α,β-unsaturated/α-hetero) is 1. The Bertz CT molecular complexity index is 181. The number of rotatable bonds is 1. The van der Waals surface area contributed by atoms with Crippen molar-refractivity contribution in [3.63, 3.8) is 0 Å². The van der Waals surface area contributed by atoms with Crippen molar-refractivity contribution in [3.05, 3.63) is 6.42 Å². The van der Waals surface area contributed by atoms with Crippen molar-refractivity contribution in [2.45, 2.75) is 32.6 Å². The normalized spacial score (nSPS) is 37.4. The molecule has 2 atom stereocenters. The maximum atomic E-state index is 11.4. The Kier molecular flexibility index (Phi) is 4.76. The summed E-state index contributed by atoms with van der Waals surface area (Å²) >= 11 is 0. The van der Waals surface area contributed by atoms with Gasteiger partial charge in [0.15, 0.2) is 0 Å². The van der Waals surface area contributed by atoms with Crippen LogP contribution in [0.25, 0.3) is 0 Å². The van der Waals surface area contributed by atoms with Gasteiger partial charge < -0.3 is 11.2 Å². The Balaban J connectivity index is 0.000000605. The second-order valence-corrected chi connectivity index (χ2v) is 3.60. The molecule has 2 fully saturated rings. The van der Waals surface area contributed by atoms with E-state index in [0.29, 0.717) is 11.7 Å². The van der Waals surface area contributed by atoms with Gasteiger partial charge >= 0.3 is 0 Å². The van der Waals surface area contributed by atoms with Crippen molar-refractivity contribution in [1.82, 2.24) is 0 Å². The van der Waals surface area contributed by atoms with Gasteiger partial charge in [-0.2, -0.15) is 5.92 Å². The van der Waals surface area contributed by atoms with E-state index in [9.17, 15) is 4.79 Å². The van der Waals surface area contributed by atoms with Crippen LogP contribution in [0.1, 0.15) is 32.6 Å². The smallest absolute Gasteiger partial charge is 0.107 e. The minimum atomic E-state index is 0. The maximum absolute atomic E-state index is 11.4. The third kappa shape index (κ3) is 1.73. The molecule has 0 aromatic rings. The second-order valence-electron chi connectivity index (χ2n) is 3.60. The fourth-order valence-corrected chi connectivity index (χ4v) is 2.39. The van der Waals surface area contributed by atoms with E-state index in [1.807, 2.05) is 0 Å². The van der Waals surface area contributed by atoms with Crippen LogP contribution in [-0.4, -0.2) is 5.78 Å². The van der Waals surface area contributed by atoms with Crippen molar-refractivity contribution >= 4 is 5.78 Å². The van der Waals surface area contributed by atoms with Crippen LogP contribution in [0.2, 0.25) is 0 Å². The molecule has 0 aromatic heterocycles. The standard InChI is InChI=1S/C9H13O.2Rh/c1-2-9-4-3-7(6-9)5-8(9)10;;/h6-7H,2-5H2,1H3;;/q-1;;. The molecular weight excluding hydrogens is 330 g/mol. The van der Waals surface area contributed by atoms with E-state index in [0.717, 1.165) is 19.3 Å². The van der Waals surface area contributed by atoms with Crippen molar-refractivity contribution in [2.75, 3.05) is 0 Å². The molecule has 0 heterocycles. The summed E-state index contributed by atoms with van der Waals surface area (Å²) in [4.78, 5) is 11.4. The van der Waals surface area contributed by atoms with Crippen LogP contribution in [0.15, 0.2) is 0 Å². The molecule has 2 bridgehead atoms. The zero-order valence-electron chi connectivity index (χ0n) is 7.06. The van der Waals surface area contributed by atoms with E-state index in [-0.39, 0.29) is 44.4 Å². The SMILES string of the molecule is CCC12[CH-]C(CC1)CC2=O.[Rh].[Rh]. The molecule has 0 saturated heterocycles. The molecule has 2 aliphatic rings. The number of carbonyl (C=O) groups excluding carboxylic acids is 1. The first-order valence-electron chi connectivity index (χ1n) is 4.16. The van der Waals surface area contributed by atoms with Crippen LogP contribution in [0.3, 0.4) is 0 Å². The second kappa shape index (κ2) is 4.42. The van der Waals surface area contributed by atoms with Gasteiger partial charge in [0, 0.05) is 39.0 Å². The van der Waals surface area contributed by atoms with Gasteiger partial charge in [-0.25, -0.2) is 0 Å². The summed E-state index contributed by atoms with van der Waals surface area (Å²) in [6, 6.07) is 0. The van der Waals surface area contributed by atoms with Gasteiger partial charge in [0.25, 0.3) is 0 Å². The molecule has 2 rings (SSSR count). The molecule has 12 heavy (non-hydrogen) atoms. The van der Waals surface area contributed by atoms with Crippen LogP contribution in [0.5, 0.6) is 0 Å². The van der Waals surface area contributed by atoms with E-state index < -0.39 is 0 Å². The van der Waals surface area contributed by atoms with Gasteiger partial charge in [-0.15, -0.1) is 0 Å². The summed E-state index contributed by atoms with van der Waals surface area (Å²) in [6.45, 7) is 2.13. The molecule has 0 N–H and O–H groups in total. The Morgan fingerprint density at radius 2 is 2.25 bits per heavy atom. The third-order valence-electron chi connectivity index (χ3n) is 3.15. The summed E-state index contributed by atoms with van der Waals surface area (Å²) in [7, 11) is 0. The fourth-order valence-electron chi connectivity index (χ4n) is 2.39. The van der Waals surface area contributed by atoms with E-state index >= 15 is 0 Å². The van der Waals surface area contributed by atoms with E-state index in [4.69, 9.17) is 0 Å². The van der Waals surface area contributed by atoms with Crippen LogP contribution in [0, 0.1) is 17.8 Å². The minimum Gasteiger partial charge on any atom is -0.312 e. The van der Waals surface area contributed by atoms with Gasteiger partial charge in [-0.05, 0) is 6.42 Å². The van der Waals surface area contributed by atoms with Gasteiger partial charge in [0.05, 0.1) is 0 Å². The van der Waals surface area contributed by atoms with Crippen molar-refractivity contribution in [2.24, 2.45) is 11.3 Å². The first kappa shape index (κ1) is 12.9. The monoisotopic (exact) mass is 343 g/mol. The molecule has 3 heteroatoms. The van der Waals surface area contributed by atoms with E-state index in [1.54, 1.807) is 0 Å². The largest absolute Gasteiger partial charge is 0.312 e. The van der Waals surface area contributed by atoms with Gasteiger partial charge in [-0.3, -0.25) is 0 Å². The summed E-state index contributed by atoms with van der Waals surface area (Å²) in [5, 5.41) is 0. The van der Waals surface area contributed by atoms with Gasteiger partial charge in [-0.1, -0.05) is 31.6 Å². The molecule has 2 saturated carbocycles. The predicted octanol–water partition coefficient (Wildman–Crippen LogP) is 1.96. The Morgan fingerprint density at radius 1 is 1.58 bits per heavy atom.